The minimum absolute atomic E-state index is 0.117. The minimum atomic E-state index is -0.136. The molecule has 0 bridgehead atoms. The number of amides is 2. The molecule has 110 valence electrons. The molecule has 2 aromatic rings. The van der Waals surface area contributed by atoms with Crippen LogP contribution in [0.5, 0.6) is 0 Å². The van der Waals surface area contributed by atoms with E-state index in [0.717, 1.165) is 16.3 Å². The Balaban J connectivity index is 1.66. The number of nitrogens with zero attached hydrogens (tertiary/aromatic N) is 3. The molecule has 0 saturated carbocycles. The van der Waals surface area contributed by atoms with Crippen molar-refractivity contribution in [1.29, 1.82) is 0 Å². The van der Waals surface area contributed by atoms with Crippen LogP contribution in [0.4, 0.5) is 10.5 Å². The Morgan fingerprint density at radius 1 is 1.52 bits per heavy atom. The molecular formula is C14H16N4O2S. The fourth-order valence-electron chi connectivity index (χ4n) is 2.18. The Kier molecular flexibility index (Phi) is 4.12. The van der Waals surface area contributed by atoms with E-state index in [1.807, 2.05) is 12.3 Å². The number of aryl methyl sites for hydroxylation is 1. The number of carbonyl (C=O) groups is 1. The molecule has 2 amide bonds. The summed E-state index contributed by atoms with van der Waals surface area (Å²) in [6, 6.07) is 1.68. The highest BCUT2D eigenvalue weighted by Crippen LogP contribution is 2.24. The van der Waals surface area contributed by atoms with Crippen LogP contribution in [0.2, 0.25) is 0 Å². The van der Waals surface area contributed by atoms with Crippen molar-refractivity contribution in [2.75, 3.05) is 25.0 Å². The number of carbonyl (C=O) groups excluding carboxylic acids is 1. The van der Waals surface area contributed by atoms with Crippen LogP contribution < -0.4 is 5.32 Å². The van der Waals surface area contributed by atoms with Crippen LogP contribution in [0.25, 0.3) is 0 Å². The summed E-state index contributed by atoms with van der Waals surface area (Å²) in [6.45, 7) is 3.54. The summed E-state index contributed by atoms with van der Waals surface area (Å²) in [5, 5.41) is 5.74. The zero-order chi connectivity index (χ0) is 14.7. The summed E-state index contributed by atoms with van der Waals surface area (Å²) in [4.78, 5) is 22.4. The Hall–Kier alpha value is -1.99. The number of hydrogen-bond donors (Lipinski definition) is 1. The van der Waals surface area contributed by atoms with Crippen LogP contribution in [0, 0.1) is 6.92 Å². The summed E-state index contributed by atoms with van der Waals surface area (Å²) in [7, 11) is 0. The van der Waals surface area contributed by atoms with Crippen molar-refractivity contribution in [1.82, 2.24) is 14.9 Å². The van der Waals surface area contributed by atoms with Crippen molar-refractivity contribution >= 4 is 23.1 Å². The number of pyridine rings is 1. The maximum atomic E-state index is 12.4. The zero-order valence-corrected chi connectivity index (χ0v) is 12.5. The van der Waals surface area contributed by atoms with Crippen molar-refractivity contribution in [3.63, 3.8) is 0 Å². The Bertz CT molecular complexity index is 617. The van der Waals surface area contributed by atoms with Crippen molar-refractivity contribution in [3.8, 4) is 0 Å². The van der Waals surface area contributed by atoms with Gasteiger partial charge in [0.2, 0.25) is 0 Å². The monoisotopic (exact) mass is 304 g/mol. The van der Waals surface area contributed by atoms with Gasteiger partial charge in [0.05, 0.1) is 13.2 Å². The Morgan fingerprint density at radius 2 is 2.43 bits per heavy atom. The van der Waals surface area contributed by atoms with Crippen LogP contribution in [0.1, 0.15) is 16.7 Å². The molecule has 0 spiro atoms. The summed E-state index contributed by atoms with van der Waals surface area (Å²) >= 11 is 1.55. The molecule has 6 nitrogen and oxygen atoms in total. The summed E-state index contributed by atoms with van der Waals surface area (Å²) in [5.74, 6) is 0. The molecule has 0 unspecified atom stereocenters. The predicted molar refractivity (Wildman–Crippen MR) is 80.4 cm³/mol. The van der Waals surface area contributed by atoms with Crippen molar-refractivity contribution in [3.05, 3.63) is 40.6 Å². The van der Waals surface area contributed by atoms with E-state index >= 15 is 0 Å². The fourth-order valence-corrected chi connectivity index (χ4v) is 2.86. The van der Waals surface area contributed by atoms with Crippen LogP contribution in [-0.4, -0.2) is 40.6 Å². The predicted octanol–water partition coefficient (Wildman–Crippen LogP) is 2.45. The zero-order valence-electron chi connectivity index (χ0n) is 11.7. The van der Waals surface area contributed by atoms with Gasteiger partial charge in [-0.1, -0.05) is 0 Å². The van der Waals surface area contributed by atoms with Crippen LogP contribution in [0.15, 0.2) is 30.0 Å². The fraction of sp³-hybridized carbons (Fsp3) is 0.357. The van der Waals surface area contributed by atoms with E-state index in [9.17, 15) is 4.79 Å². The van der Waals surface area contributed by atoms with Gasteiger partial charge in [0, 0.05) is 36.2 Å². The van der Waals surface area contributed by atoms with Crippen molar-refractivity contribution in [2.24, 2.45) is 0 Å². The quantitative estimate of drug-likeness (QED) is 0.925. The standard InChI is InChI=1S/C14H16N4O2S/c1-10-8-15-3-2-11(10)17-14(19)18-5-6-20-12(9-18)13-16-4-7-21-13/h2-4,7-8,12H,5-6,9H2,1H3,(H,15,17,19)/t12-/m1/s1. The third kappa shape index (κ3) is 3.20. The number of urea groups is 1. The summed E-state index contributed by atoms with van der Waals surface area (Å²) < 4.78 is 5.69. The lowest BCUT2D eigenvalue weighted by Gasteiger charge is -2.32. The molecule has 3 heterocycles. The van der Waals surface area contributed by atoms with Gasteiger partial charge in [-0.15, -0.1) is 11.3 Å². The number of hydrogen-bond acceptors (Lipinski definition) is 5. The van der Waals surface area contributed by atoms with Gasteiger partial charge in [0.1, 0.15) is 11.1 Å². The third-order valence-corrected chi connectivity index (χ3v) is 4.21. The average Bonchev–Trinajstić information content (AvgIpc) is 3.04. The number of nitrogens with one attached hydrogen (secondary N) is 1. The molecule has 1 atom stereocenters. The number of ether oxygens (including phenoxy) is 1. The number of rotatable bonds is 2. The average molecular weight is 304 g/mol. The highest BCUT2D eigenvalue weighted by Gasteiger charge is 2.27. The molecule has 0 aromatic carbocycles. The highest BCUT2D eigenvalue weighted by atomic mass is 32.1. The van der Waals surface area contributed by atoms with Crippen LogP contribution >= 0.6 is 11.3 Å². The van der Waals surface area contributed by atoms with E-state index in [1.54, 1.807) is 40.9 Å². The molecule has 1 N–H and O–H groups in total. The lowest BCUT2D eigenvalue weighted by molar-refractivity contribution is -0.0136. The maximum Gasteiger partial charge on any atom is 0.322 e. The third-order valence-electron chi connectivity index (χ3n) is 3.34. The SMILES string of the molecule is Cc1cnccc1NC(=O)N1CCO[C@@H](c2nccs2)C1. The van der Waals surface area contributed by atoms with E-state index in [-0.39, 0.29) is 12.1 Å². The van der Waals surface area contributed by atoms with Gasteiger partial charge < -0.3 is 15.0 Å². The Labute approximate surface area is 126 Å². The van der Waals surface area contributed by atoms with E-state index in [4.69, 9.17) is 4.74 Å². The van der Waals surface area contributed by atoms with Crippen molar-refractivity contribution < 1.29 is 9.53 Å². The van der Waals surface area contributed by atoms with E-state index in [1.165, 1.54) is 0 Å². The largest absolute Gasteiger partial charge is 0.367 e. The van der Waals surface area contributed by atoms with Gasteiger partial charge >= 0.3 is 6.03 Å². The van der Waals surface area contributed by atoms with Gasteiger partial charge in [-0.3, -0.25) is 4.98 Å². The molecule has 1 fully saturated rings. The molecule has 1 saturated heterocycles. The number of morpholine rings is 1. The second-order valence-corrected chi connectivity index (χ2v) is 5.72. The molecule has 21 heavy (non-hydrogen) atoms. The van der Waals surface area contributed by atoms with Gasteiger partial charge in [-0.25, -0.2) is 9.78 Å². The number of anilines is 1. The second kappa shape index (κ2) is 6.19. The molecule has 7 heteroatoms. The molecular weight excluding hydrogens is 288 g/mol. The molecule has 1 aliphatic heterocycles. The molecule has 0 radical (unpaired) electrons. The lowest BCUT2D eigenvalue weighted by Crippen LogP contribution is -2.44. The van der Waals surface area contributed by atoms with E-state index in [2.05, 4.69) is 15.3 Å². The van der Waals surface area contributed by atoms with Gasteiger partial charge in [-0.2, -0.15) is 0 Å². The number of thiazole rings is 1. The molecule has 2 aromatic heterocycles. The maximum absolute atomic E-state index is 12.4. The van der Waals surface area contributed by atoms with E-state index in [0.29, 0.717) is 19.7 Å². The summed E-state index contributed by atoms with van der Waals surface area (Å²) in [5.41, 5.74) is 1.72. The van der Waals surface area contributed by atoms with Gasteiger partial charge in [0.15, 0.2) is 0 Å². The van der Waals surface area contributed by atoms with Gasteiger partial charge in [0.25, 0.3) is 0 Å². The second-order valence-electron chi connectivity index (χ2n) is 4.80. The molecule has 0 aliphatic carbocycles. The van der Waals surface area contributed by atoms with Gasteiger partial charge in [-0.05, 0) is 18.6 Å². The van der Waals surface area contributed by atoms with E-state index < -0.39 is 0 Å². The van der Waals surface area contributed by atoms with Crippen LogP contribution in [-0.2, 0) is 4.74 Å². The number of aromatic nitrogens is 2. The first-order chi connectivity index (χ1) is 10.2. The molecule has 3 rings (SSSR count). The smallest absolute Gasteiger partial charge is 0.322 e. The van der Waals surface area contributed by atoms with Crippen LogP contribution in [0.3, 0.4) is 0 Å². The van der Waals surface area contributed by atoms with Crippen molar-refractivity contribution in [2.45, 2.75) is 13.0 Å². The normalized spacial score (nSPS) is 18.5. The first kappa shape index (κ1) is 14.0. The molecule has 1 aliphatic rings. The first-order valence-corrected chi connectivity index (χ1v) is 7.59. The summed E-state index contributed by atoms with van der Waals surface area (Å²) in [6.07, 6.45) is 5.01. The lowest BCUT2D eigenvalue weighted by atomic mass is 10.2. The highest BCUT2D eigenvalue weighted by molar-refractivity contribution is 7.09. The Morgan fingerprint density at radius 3 is 3.19 bits per heavy atom. The first-order valence-electron chi connectivity index (χ1n) is 6.71. The minimum Gasteiger partial charge on any atom is -0.367 e. The topological polar surface area (TPSA) is 67.4 Å².